The lowest BCUT2D eigenvalue weighted by molar-refractivity contribution is -0.202. The van der Waals surface area contributed by atoms with Crippen LogP contribution in [-0.4, -0.2) is 63.1 Å². The lowest BCUT2D eigenvalue weighted by atomic mass is 9.59. The number of hydrogen-bond acceptors (Lipinski definition) is 8. The van der Waals surface area contributed by atoms with Gasteiger partial charge in [-0.1, -0.05) is 45.9 Å². The fourth-order valence-electron chi connectivity index (χ4n) is 6.65. The molecule has 3 N–H and O–H groups in total. The maximum absolute atomic E-state index is 14.6. The van der Waals surface area contributed by atoms with Gasteiger partial charge in [0.1, 0.15) is 11.7 Å². The molecule has 0 heterocycles. The van der Waals surface area contributed by atoms with E-state index in [2.05, 4.69) is 0 Å². The molecule has 1 spiro atoms. The van der Waals surface area contributed by atoms with Crippen molar-refractivity contribution in [3.63, 3.8) is 0 Å². The summed E-state index contributed by atoms with van der Waals surface area (Å²) in [4.78, 5) is 40.1. The zero-order chi connectivity index (χ0) is 28.1. The minimum absolute atomic E-state index is 0.0547. The molecule has 3 aliphatic rings. The van der Waals surface area contributed by atoms with Gasteiger partial charge in [-0.15, -0.1) is 0 Å². The van der Waals surface area contributed by atoms with E-state index in [4.69, 9.17) is 9.47 Å². The molecule has 3 rings (SSSR count). The highest BCUT2D eigenvalue weighted by molar-refractivity contribution is 5.96. The molecule has 206 valence electrons. The fourth-order valence-corrected chi connectivity index (χ4v) is 6.65. The Bertz CT molecular complexity index is 1070. The molecule has 0 radical (unpaired) electrons. The van der Waals surface area contributed by atoms with Crippen molar-refractivity contribution in [1.82, 2.24) is 0 Å². The van der Waals surface area contributed by atoms with Crippen LogP contribution in [0.25, 0.3) is 0 Å². The van der Waals surface area contributed by atoms with Gasteiger partial charge in [0, 0.05) is 23.3 Å². The van der Waals surface area contributed by atoms with Crippen molar-refractivity contribution in [2.45, 2.75) is 98.1 Å². The number of carbonyl (C=O) groups is 3. The van der Waals surface area contributed by atoms with Crippen LogP contribution in [-0.2, 0) is 23.9 Å². The van der Waals surface area contributed by atoms with Gasteiger partial charge in [-0.3, -0.25) is 9.59 Å². The number of ether oxygens (including phenoxy) is 2. The van der Waals surface area contributed by atoms with Crippen molar-refractivity contribution in [2.24, 2.45) is 22.7 Å². The number of aliphatic hydroxyl groups is 3. The molecule has 8 heteroatoms. The Morgan fingerprint density at radius 3 is 2.41 bits per heavy atom. The predicted molar refractivity (Wildman–Crippen MR) is 137 cm³/mol. The third-order valence-electron chi connectivity index (χ3n) is 9.34. The standard InChI is InChI=1S/C29H42O8/c1-9-11-21(31)37-27(8)14-18(5)28-13-17(4)24(36-25(34)16(3)10-2)29(28,35)22(32)19(15-30)12-20(23(28)33)26(27,6)7/h10,12-13,18,20,22,24,30,32,35H,9,11,14-15H2,1-8H3/b16-10-/t18?,20?,22-,24+,27-,28?,29?/m1/s1. The van der Waals surface area contributed by atoms with Crippen molar-refractivity contribution in [3.8, 4) is 0 Å². The highest BCUT2D eigenvalue weighted by atomic mass is 16.6. The van der Waals surface area contributed by atoms with Gasteiger partial charge in [0.2, 0.25) is 0 Å². The van der Waals surface area contributed by atoms with E-state index in [9.17, 15) is 29.7 Å². The van der Waals surface area contributed by atoms with Crippen molar-refractivity contribution in [3.05, 3.63) is 34.9 Å². The van der Waals surface area contributed by atoms with E-state index in [1.165, 1.54) is 6.08 Å². The molecule has 0 aromatic carbocycles. The first kappa shape index (κ1) is 29.3. The Kier molecular flexibility index (Phi) is 7.74. The van der Waals surface area contributed by atoms with Crippen LogP contribution in [0.1, 0.15) is 74.7 Å². The summed E-state index contributed by atoms with van der Waals surface area (Å²) in [5.41, 5.74) is -5.23. The molecular formula is C29H42O8. The largest absolute Gasteiger partial charge is 0.459 e. The number of aliphatic hydroxyl groups excluding tert-OH is 2. The van der Waals surface area contributed by atoms with Crippen molar-refractivity contribution in [2.75, 3.05) is 6.61 Å². The second kappa shape index (κ2) is 9.79. The minimum atomic E-state index is -2.28. The van der Waals surface area contributed by atoms with E-state index in [1.807, 2.05) is 20.8 Å². The van der Waals surface area contributed by atoms with E-state index in [0.717, 1.165) is 0 Å². The monoisotopic (exact) mass is 518 g/mol. The Morgan fingerprint density at radius 2 is 1.86 bits per heavy atom. The number of ketones is 1. The summed E-state index contributed by atoms with van der Waals surface area (Å²) in [7, 11) is 0. The van der Waals surface area contributed by atoms with Gasteiger partial charge >= 0.3 is 11.9 Å². The summed E-state index contributed by atoms with van der Waals surface area (Å²) in [5.74, 6) is -2.97. The van der Waals surface area contributed by atoms with E-state index in [-0.39, 0.29) is 30.2 Å². The van der Waals surface area contributed by atoms with Crippen molar-refractivity contribution < 1.29 is 39.2 Å². The Labute approximate surface area is 219 Å². The number of esters is 2. The van der Waals surface area contributed by atoms with Gasteiger partial charge in [-0.2, -0.15) is 0 Å². The van der Waals surface area contributed by atoms with Crippen molar-refractivity contribution >= 4 is 17.7 Å². The van der Waals surface area contributed by atoms with Gasteiger partial charge in [0.15, 0.2) is 17.5 Å². The van der Waals surface area contributed by atoms with E-state index in [0.29, 0.717) is 17.6 Å². The molecule has 8 nitrogen and oxygen atoms in total. The second-order valence-corrected chi connectivity index (χ2v) is 11.8. The summed E-state index contributed by atoms with van der Waals surface area (Å²) >= 11 is 0. The number of rotatable bonds is 6. The molecule has 0 aliphatic heterocycles. The molecule has 0 saturated heterocycles. The van der Waals surface area contributed by atoms with Gasteiger partial charge in [0.25, 0.3) is 0 Å². The first-order chi connectivity index (χ1) is 17.1. The van der Waals surface area contributed by atoms with Gasteiger partial charge in [-0.05, 0) is 57.6 Å². The second-order valence-electron chi connectivity index (χ2n) is 11.8. The lowest BCUT2D eigenvalue weighted by Gasteiger charge is -2.49. The molecule has 37 heavy (non-hydrogen) atoms. The normalized spacial score (nSPS) is 39.1. The van der Waals surface area contributed by atoms with Crippen molar-refractivity contribution in [1.29, 1.82) is 0 Å². The number of Topliss-reactive ketones (excluding diaryl/α,β-unsaturated/α-hetero) is 1. The third kappa shape index (κ3) is 4.03. The lowest BCUT2D eigenvalue weighted by Crippen LogP contribution is -2.65. The van der Waals surface area contributed by atoms with Crippen LogP contribution in [0.4, 0.5) is 0 Å². The molecule has 0 amide bonds. The van der Waals surface area contributed by atoms with E-state index < -0.39 is 58.7 Å². The average molecular weight is 519 g/mol. The van der Waals surface area contributed by atoms with Crippen LogP contribution in [0.2, 0.25) is 0 Å². The minimum Gasteiger partial charge on any atom is -0.459 e. The molecule has 2 bridgehead atoms. The fraction of sp³-hybridized carbons (Fsp3) is 0.690. The summed E-state index contributed by atoms with van der Waals surface area (Å²) < 4.78 is 11.8. The highest BCUT2D eigenvalue weighted by Crippen LogP contribution is 2.64. The predicted octanol–water partition coefficient (Wildman–Crippen LogP) is 3.19. The number of hydrogen-bond donors (Lipinski definition) is 3. The molecule has 3 aliphatic carbocycles. The zero-order valence-electron chi connectivity index (χ0n) is 23.3. The van der Waals surface area contributed by atoms with E-state index >= 15 is 0 Å². The van der Waals surface area contributed by atoms with Gasteiger partial charge in [-0.25, -0.2) is 4.79 Å². The summed E-state index contributed by atoms with van der Waals surface area (Å²) in [6.45, 7) is 13.4. The first-order valence-electron chi connectivity index (χ1n) is 13.1. The zero-order valence-corrected chi connectivity index (χ0v) is 23.3. The topological polar surface area (TPSA) is 130 Å². The summed E-state index contributed by atoms with van der Waals surface area (Å²) in [6, 6.07) is 0. The quantitative estimate of drug-likeness (QED) is 0.278. The smallest absolute Gasteiger partial charge is 0.334 e. The Balaban J connectivity index is 2.30. The van der Waals surface area contributed by atoms with Gasteiger partial charge in [0.05, 0.1) is 12.0 Å². The van der Waals surface area contributed by atoms with Gasteiger partial charge < -0.3 is 24.8 Å². The molecule has 0 aromatic rings. The van der Waals surface area contributed by atoms with Crippen LogP contribution in [0.3, 0.4) is 0 Å². The number of carbonyl (C=O) groups excluding carboxylic acids is 3. The van der Waals surface area contributed by atoms with Crippen LogP contribution < -0.4 is 0 Å². The average Bonchev–Trinajstić information content (AvgIpc) is 2.99. The number of fused-ring (bicyclic) bond motifs is 1. The molecule has 7 atom stereocenters. The SMILES string of the molecule is C/C=C(/C)C(=O)O[C@H]1C(C)=CC23C(=O)C(C=C(CO)[C@@H](O)C12O)C(C)(C)[C@](C)(OC(=O)CCC)CC3C. The van der Waals surface area contributed by atoms with Crippen LogP contribution in [0.5, 0.6) is 0 Å². The summed E-state index contributed by atoms with van der Waals surface area (Å²) in [6.07, 6.45) is 2.75. The highest BCUT2D eigenvalue weighted by Gasteiger charge is 2.74. The molecule has 1 fully saturated rings. The van der Waals surface area contributed by atoms with Crippen LogP contribution in [0, 0.1) is 22.7 Å². The van der Waals surface area contributed by atoms with Crippen LogP contribution in [0.15, 0.2) is 34.9 Å². The maximum Gasteiger partial charge on any atom is 0.334 e. The third-order valence-corrected chi connectivity index (χ3v) is 9.34. The maximum atomic E-state index is 14.6. The van der Waals surface area contributed by atoms with Crippen LogP contribution >= 0.6 is 0 Å². The Hall–Kier alpha value is -2.29. The first-order valence-corrected chi connectivity index (χ1v) is 13.1. The molecule has 0 aromatic heterocycles. The summed E-state index contributed by atoms with van der Waals surface area (Å²) in [5, 5.41) is 34.4. The van der Waals surface area contributed by atoms with E-state index in [1.54, 1.807) is 46.8 Å². The Morgan fingerprint density at radius 1 is 1.24 bits per heavy atom. The molecular weight excluding hydrogens is 476 g/mol. The molecule has 1 saturated carbocycles. The number of allylic oxidation sites excluding steroid dienone is 2. The molecule has 4 unspecified atom stereocenters.